The Morgan fingerprint density at radius 1 is 1.57 bits per heavy atom. The highest BCUT2D eigenvalue weighted by molar-refractivity contribution is 5.13. The zero-order valence-electron chi connectivity index (χ0n) is 10.0. The lowest BCUT2D eigenvalue weighted by Crippen LogP contribution is -2.25. The standard InChI is InChI=1S/C13H24O/c1-5-10(2)6-11-7-12(14)9-13(3,4)8-11/h7,10,12,14H,5-6,8-9H2,1-4H3. The van der Waals surface area contributed by atoms with E-state index in [1.807, 2.05) is 0 Å². The van der Waals surface area contributed by atoms with E-state index >= 15 is 0 Å². The van der Waals surface area contributed by atoms with Gasteiger partial charge in [0.15, 0.2) is 0 Å². The lowest BCUT2D eigenvalue weighted by Gasteiger charge is -2.33. The molecule has 82 valence electrons. The lowest BCUT2D eigenvalue weighted by molar-refractivity contribution is 0.136. The fourth-order valence-electron chi connectivity index (χ4n) is 2.38. The molecule has 0 saturated carbocycles. The third-order valence-electron chi connectivity index (χ3n) is 3.20. The van der Waals surface area contributed by atoms with Crippen molar-refractivity contribution in [1.82, 2.24) is 0 Å². The van der Waals surface area contributed by atoms with Crippen molar-refractivity contribution in [3.63, 3.8) is 0 Å². The second-order valence-corrected chi connectivity index (χ2v) is 5.65. The summed E-state index contributed by atoms with van der Waals surface area (Å²) in [5, 5.41) is 9.72. The summed E-state index contributed by atoms with van der Waals surface area (Å²) in [6, 6.07) is 0. The van der Waals surface area contributed by atoms with Gasteiger partial charge in [0.1, 0.15) is 0 Å². The molecule has 1 nitrogen and oxygen atoms in total. The van der Waals surface area contributed by atoms with Crippen LogP contribution in [-0.4, -0.2) is 11.2 Å². The highest BCUT2D eigenvalue weighted by Gasteiger charge is 2.27. The van der Waals surface area contributed by atoms with Crippen LogP contribution >= 0.6 is 0 Å². The van der Waals surface area contributed by atoms with Gasteiger partial charge in [-0.05, 0) is 30.6 Å². The topological polar surface area (TPSA) is 20.2 Å². The Morgan fingerprint density at radius 2 is 2.21 bits per heavy atom. The van der Waals surface area contributed by atoms with Crippen LogP contribution in [0.1, 0.15) is 53.4 Å². The van der Waals surface area contributed by atoms with Crippen LogP contribution in [0.4, 0.5) is 0 Å². The van der Waals surface area contributed by atoms with Crippen molar-refractivity contribution in [2.24, 2.45) is 11.3 Å². The molecule has 1 N–H and O–H groups in total. The molecule has 14 heavy (non-hydrogen) atoms. The molecule has 0 aromatic rings. The Labute approximate surface area is 88.2 Å². The smallest absolute Gasteiger partial charge is 0.0728 e. The maximum Gasteiger partial charge on any atom is 0.0728 e. The second kappa shape index (κ2) is 4.48. The highest BCUT2D eigenvalue weighted by atomic mass is 16.3. The molecule has 0 radical (unpaired) electrons. The van der Waals surface area contributed by atoms with Crippen molar-refractivity contribution < 1.29 is 5.11 Å². The molecule has 0 fully saturated rings. The van der Waals surface area contributed by atoms with E-state index < -0.39 is 0 Å². The van der Waals surface area contributed by atoms with E-state index in [1.54, 1.807) is 0 Å². The molecule has 0 spiro atoms. The first-order valence-corrected chi connectivity index (χ1v) is 5.80. The van der Waals surface area contributed by atoms with Crippen molar-refractivity contribution in [2.75, 3.05) is 0 Å². The van der Waals surface area contributed by atoms with Gasteiger partial charge in [0, 0.05) is 0 Å². The van der Waals surface area contributed by atoms with Crippen molar-refractivity contribution in [2.45, 2.75) is 59.5 Å². The fraction of sp³-hybridized carbons (Fsp3) is 0.846. The van der Waals surface area contributed by atoms with E-state index in [0.29, 0.717) is 0 Å². The van der Waals surface area contributed by atoms with Gasteiger partial charge in [0.05, 0.1) is 6.10 Å². The van der Waals surface area contributed by atoms with Gasteiger partial charge < -0.3 is 5.11 Å². The third-order valence-corrected chi connectivity index (χ3v) is 3.20. The van der Waals surface area contributed by atoms with Crippen LogP contribution in [0.25, 0.3) is 0 Å². The summed E-state index contributed by atoms with van der Waals surface area (Å²) in [5.41, 5.74) is 1.75. The predicted octanol–water partition coefficient (Wildman–Crippen LogP) is 3.53. The summed E-state index contributed by atoms with van der Waals surface area (Å²) < 4.78 is 0. The number of rotatable bonds is 3. The van der Waals surface area contributed by atoms with Crippen LogP contribution in [0, 0.1) is 11.3 Å². The van der Waals surface area contributed by atoms with Crippen LogP contribution in [0.15, 0.2) is 11.6 Å². The summed E-state index contributed by atoms with van der Waals surface area (Å²) in [4.78, 5) is 0. The first kappa shape index (κ1) is 11.8. The van der Waals surface area contributed by atoms with Gasteiger partial charge in [0.25, 0.3) is 0 Å². The number of allylic oxidation sites excluding steroid dienone is 1. The molecule has 0 amide bonds. The van der Waals surface area contributed by atoms with Crippen LogP contribution in [0.3, 0.4) is 0 Å². The van der Waals surface area contributed by atoms with Crippen molar-refractivity contribution >= 4 is 0 Å². The molecule has 1 rings (SSSR count). The lowest BCUT2D eigenvalue weighted by atomic mass is 9.74. The molecule has 2 unspecified atom stereocenters. The molecule has 0 aromatic heterocycles. The summed E-state index contributed by atoms with van der Waals surface area (Å²) in [7, 11) is 0. The Kier molecular flexibility index (Phi) is 3.77. The molecule has 0 bridgehead atoms. The molecule has 1 heteroatoms. The predicted molar refractivity (Wildman–Crippen MR) is 61.2 cm³/mol. The molecule has 0 heterocycles. The number of aliphatic hydroxyl groups is 1. The van der Waals surface area contributed by atoms with Gasteiger partial charge >= 0.3 is 0 Å². The molecule has 1 aliphatic rings. The monoisotopic (exact) mass is 196 g/mol. The number of aliphatic hydroxyl groups excluding tert-OH is 1. The van der Waals surface area contributed by atoms with E-state index in [1.165, 1.54) is 12.0 Å². The summed E-state index contributed by atoms with van der Waals surface area (Å²) >= 11 is 0. The van der Waals surface area contributed by atoms with Gasteiger partial charge in [-0.3, -0.25) is 0 Å². The Morgan fingerprint density at radius 3 is 2.71 bits per heavy atom. The Hall–Kier alpha value is -0.300. The molecule has 1 aliphatic carbocycles. The Balaban J connectivity index is 2.60. The average molecular weight is 196 g/mol. The molecule has 0 saturated heterocycles. The van der Waals surface area contributed by atoms with Gasteiger partial charge in [-0.25, -0.2) is 0 Å². The molecular formula is C13H24O. The van der Waals surface area contributed by atoms with Crippen molar-refractivity contribution in [3.8, 4) is 0 Å². The van der Waals surface area contributed by atoms with Crippen molar-refractivity contribution in [1.29, 1.82) is 0 Å². The van der Waals surface area contributed by atoms with E-state index in [2.05, 4.69) is 33.8 Å². The summed E-state index contributed by atoms with van der Waals surface area (Å²) in [5.74, 6) is 0.752. The summed E-state index contributed by atoms with van der Waals surface area (Å²) in [6.07, 6.45) is 6.34. The van der Waals surface area contributed by atoms with Gasteiger partial charge in [0.2, 0.25) is 0 Å². The molecule has 2 atom stereocenters. The van der Waals surface area contributed by atoms with E-state index in [4.69, 9.17) is 0 Å². The van der Waals surface area contributed by atoms with E-state index in [0.717, 1.165) is 25.2 Å². The normalized spacial score (nSPS) is 28.4. The molecular weight excluding hydrogens is 172 g/mol. The maximum atomic E-state index is 9.72. The number of hydrogen-bond donors (Lipinski definition) is 1. The first-order valence-electron chi connectivity index (χ1n) is 5.80. The van der Waals surface area contributed by atoms with Gasteiger partial charge in [-0.1, -0.05) is 45.8 Å². The fourth-order valence-corrected chi connectivity index (χ4v) is 2.38. The van der Waals surface area contributed by atoms with Crippen LogP contribution in [0.2, 0.25) is 0 Å². The highest BCUT2D eigenvalue weighted by Crippen LogP contribution is 2.37. The van der Waals surface area contributed by atoms with Crippen LogP contribution in [-0.2, 0) is 0 Å². The first-order chi connectivity index (χ1) is 6.43. The minimum Gasteiger partial charge on any atom is -0.389 e. The Bertz CT molecular complexity index is 215. The minimum atomic E-state index is -0.210. The third kappa shape index (κ3) is 3.45. The minimum absolute atomic E-state index is 0.210. The van der Waals surface area contributed by atoms with Crippen LogP contribution < -0.4 is 0 Å². The van der Waals surface area contributed by atoms with Crippen molar-refractivity contribution in [3.05, 3.63) is 11.6 Å². The molecule has 0 aromatic carbocycles. The molecule has 0 aliphatic heterocycles. The zero-order valence-corrected chi connectivity index (χ0v) is 10.0. The SMILES string of the molecule is CCC(C)CC1=CC(O)CC(C)(C)C1. The maximum absolute atomic E-state index is 9.72. The second-order valence-electron chi connectivity index (χ2n) is 5.65. The quantitative estimate of drug-likeness (QED) is 0.685. The van der Waals surface area contributed by atoms with E-state index in [-0.39, 0.29) is 11.5 Å². The average Bonchev–Trinajstić information content (AvgIpc) is 1.99. The number of hydrogen-bond acceptors (Lipinski definition) is 1. The van der Waals surface area contributed by atoms with E-state index in [9.17, 15) is 5.11 Å². The van der Waals surface area contributed by atoms with Crippen LogP contribution in [0.5, 0.6) is 0 Å². The van der Waals surface area contributed by atoms with Gasteiger partial charge in [-0.15, -0.1) is 0 Å². The summed E-state index contributed by atoms with van der Waals surface area (Å²) in [6.45, 7) is 9.02. The largest absolute Gasteiger partial charge is 0.389 e. The zero-order chi connectivity index (χ0) is 10.8. The van der Waals surface area contributed by atoms with Gasteiger partial charge in [-0.2, -0.15) is 0 Å².